The zero-order valence-corrected chi connectivity index (χ0v) is 9.05. The molecule has 0 aromatic carbocycles. The van der Waals surface area contributed by atoms with E-state index in [2.05, 4.69) is 22.5 Å². The van der Waals surface area contributed by atoms with Crippen LogP contribution in [0.4, 0.5) is 0 Å². The minimum absolute atomic E-state index is 0.521. The maximum absolute atomic E-state index is 5.58. The molecule has 0 aromatic heterocycles. The number of rotatable bonds is 5. The summed E-state index contributed by atoms with van der Waals surface area (Å²) in [7, 11) is 0. The van der Waals surface area contributed by atoms with Crippen LogP contribution in [-0.2, 0) is 4.74 Å². The molecule has 0 aromatic rings. The Morgan fingerprint density at radius 1 is 1.67 bits per heavy atom. The number of ether oxygens (including phenoxy) is 1. The third kappa shape index (κ3) is 3.28. The van der Waals surface area contributed by atoms with Gasteiger partial charge in [-0.1, -0.05) is 22.0 Å². The van der Waals surface area contributed by atoms with Gasteiger partial charge in [-0.3, -0.25) is 0 Å². The van der Waals surface area contributed by atoms with Gasteiger partial charge in [-0.15, -0.1) is 6.58 Å². The van der Waals surface area contributed by atoms with Crippen LogP contribution in [0.1, 0.15) is 25.7 Å². The van der Waals surface area contributed by atoms with E-state index in [0.29, 0.717) is 12.0 Å². The van der Waals surface area contributed by atoms with Crippen molar-refractivity contribution in [1.29, 1.82) is 0 Å². The van der Waals surface area contributed by atoms with Gasteiger partial charge in [0.25, 0.3) is 0 Å². The van der Waals surface area contributed by atoms with Gasteiger partial charge < -0.3 is 4.74 Å². The Hall–Kier alpha value is 0.180. The Morgan fingerprint density at radius 2 is 2.50 bits per heavy atom. The molecule has 1 saturated heterocycles. The van der Waals surface area contributed by atoms with Crippen molar-refractivity contribution in [2.75, 3.05) is 11.9 Å². The predicted octanol–water partition coefficient (Wildman–Crippen LogP) is 3.14. The molecule has 1 rings (SSSR count). The number of hydrogen-bond donors (Lipinski definition) is 0. The number of allylic oxidation sites excluding steroid dienone is 1. The molecule has 2 heteroatoms. The van der Waals surface area contributed by atoms with Crippen molar-refractivity contribution in [2.24, 2.45) is 5.92 Å². The predicted molar refractivity (Wildman–Crippen MR) is 55.7 cm³/mol. The molecule has 0 radical (unpaired) electrons. The van der Waals surface area contributed by atoms with Crippen LogP contribution in [0, 0.1) is 5.92 Å². The molecule has 0 saturated carbocycles. The van der Waals surface area contributed by atoms with Crippen molar-refractivity contribution < 1.29 is 4.74 Å². The SMILES string of the molecule is C=CCC(CBr)C[C@@H]1CCCO1. The quantitative estimate of drug-likeness (QED) is 0.523. The Morgan fingerprint density at radius 3 is 3.00 bits per heavy atom. The van der Waals surface area contributed by atoms with E-state index in [1.54, 1.807) is 0 Å². The molecule has 2 atom stereocenters. The second-order valence-corrected chi connectivity index (χ2v) is 4.06. The molecule has 1 aliphatic rings. The first-order chi connectivity index (χ1) is 5.86. The molecular weight excluding hydrogens is 216 g/mol. The van der Waals surface area contributed by atoms with Gasteiger partial charge in [0.2, 0.25) is 0 Å². The Kier molecular flexibility index (Phi) is 4.93. The van der Waals surface area contributed by atoms with Crippen molar-refractivity contribution in [3.8, 4) is 0 Å². The van der Waals surface area contributed by atoms with Gasteiger partial charge in [-0.2, -0.15) is 0 Å². The Bertz CT molecular complexity index is 130. The van der Waals surface area contributed by atoms with Crippen LogP contribution in [0.2, 0.25) is 0 Å². The Labute approximate surface area is 83.3 Å². The lowest BCUT2D eigenvalue weighted by molar-refractivity contribution is 0.0928. The van der Waals surface area contributed by atoms with Crippen molar-refractivity contribution in [3.63, 3.8) is 0 Å². The largest absolute Gasteiger partial charge is 0.378 e. The number of hydrogen-bond acceptors (Lipinski definition) is 1. The number of halogens is 1. The summed E-state index contributed by atoms with van der Waals surface area (Å²) in [5, 5.41) is 1.07. The molecule has 0 spiro atoms. The van der Waals surface area contributed by atoms with Crippen molar-refractivity contribution in [2.45, 2.75) is 31.8 Å². The van der Waals surface area contributed by atoms with Crippen molar-refractivity contribution in [1.82, 2.24) is 0 Å². The minimum Gasteiger partial charge on any atom is -0.378 e. The average molecular weight is 233 g/mol. The van der Waals surface area contributed by atoms with Gasteiger partial charge in [0, 0.05) is 11.9 Å². The third-order valence-corrected chi connectivity index (χ3v) is 3.25. The van der Waals surface area contributed by atoms with Crippen LogP contribution in [0.25, 0.3) is 0 Å². The lowest BCUT2D eigenvalue weighted by Gasteiger charge is -2.16. The fraction of sp³-hybridized carbons (Fsp3) is 0.800. The molecule has 1 fully saturated rings. The van der Waals surface area contributed by atoms with Gasteiger partial charge in [-0.25, -0.2) is 0 Å². The lowest BCUT2D eigenvalue weighted by atomic mass is 9.99. The molecule has 1 unspecified atom stereocenters. The van der Waals surface area contributed by atoms with E-state index >= 15 is 0 Å². The van der Waals surface area contributed by atoms with Crippen LogP contribution in [0.5, 0.6) is 0 Å². The van der Waals surface area contributed by atoms with Gasteiger partial charge >= 0.3 is 0 Å². The molecule has 12 heavy (non-hydrogen) atoms. The smallest absolute Gasteiger partial charge is 0.0579 e. The number of alkyl halides is 1. The summed E-state index contributed by atoms with van der Waals surface area (Å²) in [5.74, 6) is 0.714. The minimum atomic E-state index is 0.521. The van der Waals surface area contributed by atoms with Crippen LogP contribution in [0.15, 0.2) is 12.7 Å². The van der Waals surface area contributed by atoms with Crippen molar-refractivity contribution >= 4 is 15.9 Å². The molecule has 1 nitrogen and oxygen atoms in total. The summed E-state index contributed by atoms with van der Waals surface area (Å²) in [6.07, 6.45) is 7.31. The molecule has 0 bridgehead atoms. The van der Waals surface area contributed by atoms with Crippen LogP contribution < -0.4 is 0 Å². The van der Waals surface area contributed by atoms with Gasteiger partial charge in [0.05, 0.1) is 6.10 Å². The first-order valence-corrected chi connectivity index (χ1v) is 5.77. The summed E-state index contributed by atoms with van der Waals surface area (Å²) in [4.78, 5) is 0. The van der Waals surface area contributed by atoms with Gasteiger partial charge in [-0.05, 0) is 31.6 Å². The highest BCUT2D eigenvalue weighted by molar-refractivity contribution is 9.09. The maximum atomic E-state index is 5.58. The highest BCUT2D eigenvalue weighted by Crippen LogP contribution is 2.23. The third-order valence-electron chi connectivity index (χ3n) is 2.34. The van der Waals surface area contributed by atoms with Crippen LogP contribution in [0.3, 0.4) is 0 Å². The molecule has 0 N–H and O–H groups in total. The second-order valence-electron chi connectivity index (χ2n) is 3.42. The van der Waals surface area contributed by atoms with Gasteiger partial charge in [0.15, 0.2) is 0 Å². The van der Waals surface area contributed by atoms with Crippen LogP contribution >= 0.6 is 15.9 Å². The Balaban J connectivity index is 2.20. The summed E-state index contributed by atoms with van der Waals surface area (Å²) < 4.78 is 5.58. The molecular formula is C10H17BrO. The zero-order valence-electron chi connectivity index (χ0n) is 7.47. The highest BCUT2D eigenvalue weighted by atomic mass is 79.9. The summed E-state index contributed by atoms with van der Waals surface area (Å²) in [6.45, 7) is 4.73. The molecule has 0 amide bonds. The monoisotopic (exact) mass is 232 g/mol. The first-order valence-electron chi connectivity index (χ1n) is 4.65. The molecule has 70 valence electrons. The van der Waals surface area contributed by atoms with E-state index in [4.69, 9.17) is 4.74 Å². The standard InChI is InChI=1S/C10H17BrO/c1-2-4-9(8-11)7-10-5-3-6-12-10/h2,9-10H,1,3-8H2/t9?,10-/m0/s1. The highest BCUT2D eigenvalue weighted by Gasteiger charge is 2.19. The fourth-order valence-corrected chi connectivity index (χ4v) is 2.19. The first kappa shape index (κ1) is 10.3. The lowest BCUT2D eigenvalue weighted by Crippen LogP contribution is -2.13. The van der Waals surface area contributed by atoms with Crippen LogP contribution in [-0.4, -0.2) is 18.0 Å². The van der Waals surface area contributed by atoms with E-state index < -0.39 is 0 Å². The van der Waals surface area contributed by atoms with Gasteiger partial charge in [0.1, 0.15) is 0 Å². The molecule has 1 aliphatic heterocycles. The summed E-state index contributed by atoms with van der Waals surface area (Å²) in [6, 6.07) is 0. The van der Waals surface area contributed by atoms with E-state index in [0.717, 1.165) is 18.4 Å². The zero-order chi connectivity index (χ0) is 8.81. The van der Waals surface area contributed by atoms with E-state index in [1.807, 2.05) is 6.08 Å². The summed E-state index contributed by atoms with van der Waals surface area (Å²) in [5.41, 5.74) is 0. The van der Waals surface area contributed by atoms with Crippen molar-refractivity contribution in [3.05, 3.63) is 12.7 Å². The maximum Gasteiger partial charge on any atom is 0.0579 e. The average Bonchev–Trinajstić information content (AvgIpc) is 2.56. The summed E-state index contributed by atoms with van der Waals surface area (Å²) >= 11 is 3.52. The van der Waals surface area contributed by atoms with E-state index in [-0.39, 0.29) is 0 Å². The second kappa shape index (κ2) is 5.76. The van der Waals surface area contributed by atoms with E-state index in [9.17, 15) is 0 Å². The topological polar surface area (TPSA) is 9.23 Å². The molecule has 0 aliphatic carbocycles. The normalized spacial score (nSPS) is 25.6. The molecule has 1 heterocycles. The van der Waals surface area contributed by atoms with E-state index in [1.165, 1.54) is 19.3 Å². The fourth-order valence-electron chi connectivity index (χ4n) is 1.66.